The van der Waals surface area contributed by atoms with Gasteiger partial charge in [0.1, 0.15) is 11.5 Å². The molecule has 0 saturated heterocycles. The van der Waals surface area contributed by atoms with Gasteiger partial charge in [-0.15, -0.1) is 12.4 Å². The van der Waals surface area contributed by atoms with E-state index in [1.54, 1.807) is 24.3 Å². The summed E-state index contributed by atoms with van der Waals surface area (Å²) in [6.45, 7) is 0. The Labute approximate surface area is 198 Å². The summed E-state index contributed by atoms with van der Waals surface area (Å²) in [4.78, 5) is 3.90. The van der Waals surface area contributed by atoms with Crippen molar-refractivity contribution in [3.05, 3.63) is 77.2 Å². The molecule has 2 aromatic carbocycles. The third-order valence-corrected chi connectivity index (χ3v) is 6.09. The summed E-state index contributed by atoms with van der Waals surface area (Å²) in [5, 5.41) is 4.01. The van der Waals surface area contributed by atoms with Crippen LogP contribution in [0.15, 0.2) is 64.1 Å². The van der Waals surface area contributed by atoms with Crippen LogP contribution in [0.2, 0.25) is 0 Å². The normalized spacial score (nSPS) is 13.0. The largest absolute Gasteiger partial charge is 0.416 e. The first-order chi connectivity index (χ1) is 15.4. The Balaban J connectivity index is 0.00000324. The molecule has 4 rings (SSSR count). The number of pyridine rings is 1. The van der Waals surface area contributed by atoms with Crippen molar-refractivity contribution in [2.75, 3.05) is 6.26 Å². The maximum atomic E-state index is 14.3. The van der Waals surface area contributed by atoms with Crippen molar-refractivity contribution in [1.82, 2.24) is 10.1 Å². The molecule has 12 heteroatoms. The fraction of sp³-hybridized carbons (Fsp3) is 0.182. The van der Waals surface area contributed by atoms with Gasteiger partial charge in [0.2, 0.25) is 0 Å². The second-order valence-electron chi connectivity index (χ2n) is 7.49. The summed E-state index contributed by atoms with van der Waals surface area (Å²) in [7, 11) is -3.65. The molecule has 0 unspecified atom stereocenters. The molecule has 4 aromatic rings. The Bertz CT molecular complexity index is 1460. The van der Waals surface area contributed by atoms with Gasteiger partial charge in [0.15, 0.2) is 20.4 Å². The zero-order valence-electron chi connectivity index (χ0n) is 17.5. The fourth-order valence-electron chi connectivity index (χ4n) is 3.48. The lowest BCUT2D eigenvalue weighted by Gasteiger charge is -2.16. The highest BCUT2D eigenvalue weighted by atomic mass is 35.5. The summed E-state index contributed by atoms with van der Waals surface area (Å²) < 4.78 is 82.0. The molecule has 0 aliphatic rings. The second-order valence-corrected chi connectivity index (χ2v) is 9.45. The maximum Gasteiger partial charge on any atom is 0.416 e. The molecule has 0 amide bonds. The first-order valence-electron chi connectivity index (χ1n) is 9.62. The van der Waals surface area contributed by atoms with Crippen molar-refractivity contribution in [3.8, 4) is 11.3 Å². The molecule has 0 spiro atoms. The molecular weight excluding hydrogens is 498 g/mol. The van der Waals surface area contributed by atoms with Crippen LogP contribution in [0.1, 0.15) is 22.9 Å². The smallest absolute Gasteiger partial charge is 0.356 e. The highest BCUT2D eigenvalue weighted by molar-refractivity contribution is 7.90. The number of fused-ring (bicyclic) bond motifs is 1. The summed E-state index contributed by atoms with van der Waals surface area (Å²) >= 11 is 0. The van der Waals surface area contributed by atoms with E-state index < -0.39 is 33.4 Å². The number of aromatic nitrogens is 2. The van der Waals surface area contributed by atoms with Crippen LogP contribution in [0.5, 0.6) is 0 Å². The number of hydrogen-bond acceptors (Lipinski definition) is 6. The van der Waals surface area contributed by atoms with E-state index >= 15 is 0 Å². The van der Waals surface area contributed by atoms with E-state index in [0.717, 1.165) is 30.5 Å². The fourth-order valence-corrected chi connectivity index (χ4v) is 4.07. The molecule has 0 radical (unpaired) electrons. The van der Waals surface area contributed by atoms with Gasteiger partial charge < -0.3 is 10.3 Å². The lowest BCUT2D eigenvalue weighted by Crippen LogP contribution is -2.17. The zero-order valence-corrected chi connectivity index (χ0v) is 19.1. The first-order valence-corrected chi connectivity index (χ1v) is 11.5. The van der Waals surface area contributed by atoms with Crippen molar-refractivity contribution in [2.24, 2.45) is 5.73 Å². The number of nitrogens with two attached hydrogens (primary N) is 1. The van der Waals surface area contributed by atoms with E-state index in [0.29, 0.717) is 16.5 Å². The van der Waals surface area contributed by atoms with Gasteiger partial charge in [-0.2, -0.15) is 13.2 Å². The summed E-state index contributed by atoms with van der Waals surface area (Å²) in [6.07, 6.45) is -3.69. The molecule has 0 saturated carbocycles. The van der Waals surface area contributed by atoms with Gasteiger partial charge in [0.05, 0.1) is 11.3 Å². The second kappa shape index (κ2) is 9.32. The van der Waals surface area contributed by atoms with Crippen molar-refractivity contribution in [2.45, 2.75) is 23.7 Å². The molecule has 6 nitrogen and oxygen atoms in total. The molecule has 0 aliphatic carbocycles. The predicted octanol–water partition coefficient (Wildman–Crippen LogP) is 5.12. The minimum atomic E-state index is -4.53. The van der Waals surface area contributed by atoms with E-state index in [4.69, 9.17) is 10.3 Å². The molecule has 2 aromatic heterocycles. The van der Waals surface area contributed by atoms with Crippen molar-refractivity contribution in [1.29, 1.82) is 0 Å². The first kappa shape index (κ1) is 25.6. The highest BCUT2D eigenvalue weighted by Crippen LogP contribution is 2.36. The number of halogens is 5. The third kappa shape index (κ3) is 5.06. The maximum absolute atomic E-state index is 14.3. The lowest BCUT2D eigenvalue weighted by molar-refractivity contribution is -0.137. The quantitative estimate of drug-likeness (QED) is 0.371. The molecule has 0 aliphatic heterocycles. The average Bonchev–Trinajstić information content (AvgIpc) is 3.17. The Morgan fingerprint density at radius 2 is 1.79 bits per heavy atom. The van der Waals surface area contributed by atoms with E-state index in [9.17, 15) is 26.0 Å². The number of rotatable bonds is 5. The van der Waals surface area contributed by atoms with Gasteiger partial charge in [-0.3, -0.25) is 0 Å². The van der Waals surface area contributed by atoms with Gasteiger partial charge in [0.25, 0.3) is 0 Å². The van der Waals surface area contributed by atoms with Crippen LogP contribution >= 0.6 is 12.4 Å². The van der Waals surface area contributed by atoms with Crippen LogP contribution in [-0.2, 0) is 22.4 Å². The Morgan fingerprint density at radius 3 is 2.47 bits per heavy atom. The molecule has 0 bridgehead atoms. The zero-order chi connectivity index (χ0) is 24.0. The van der Waals surface area contributed by atoms with E-state index in [2.05, 4.69) is 10.1 Å². The van der Waals surface area contributed by atoms with Gasteiger partial charge in [0, 0.05) is 29.7 Å². The van der Waals surface area contributed by atoms with Crippen molar-refractivity contribution in [3.63, 3.8) is 0 Å². The topological polar surface area (TPSA) is 99.1 Å². The molecule has 1 atom stereocenters. The molecule has 34 heavy (non-hydrogen) atoms. The Hall–Kier alpha value is -3.02. The monoisotopic (exact) mass is 515 g/mol. The minimum Gasteiger partial charge on any atom is -0.356 e. The van der Waals surface area contributed by atoms with Crippen LogP contribution in [0, 0.1) is 5.82 Å². The number of sulfone groups is 1. The molecule has 0 fully saturated rings. The number of benzene rings is 2. The average molecular weight is 516 g/mol. The molecule has 180 valence electrons. The van der Waals surface area contributed by atoms with E-state index in [1.807, 2.05) is 0 Å². The lowest BCUT2D eigenvalue weighted by atomic mass is 9.94. The standard InChI is InChI=1S/C22H17F4N3O3S.ClH/c1-33(30,31)20-9-8-16(23)18(28-20)11-17(27)13-4-2-3-5-14(13)21-15-7-6-12(22(24,25)26)10-19(15)32-29-21;/h2-10,17H,11,27H2,1H3;1H/t17-;/m0./s1. The van der Waals surface area contributed by atoms with Crippen LogP contribution < -0.4 is 5.73 Å². The summed E-state index contributed by atoms with van der Waals surface area (Å²) in [5.74, 6) is -0.707. The Morgan fingerprint density at radius 1 is 1.09 bits per heavy atom. The van der Waals surface area contributed by atoms with Crippen LogP contribution in [0.4, 0.5) is 17.6 Å². The number of alkyl halides is 3. The highest BCUT2D eigenvalue weighted by Gasteiger charge is 2.31. The molecule has 2 N–H and O–H groups in total. The van der Waals surface area contributed by atoms with Crippen LogP contribution in [0.25, 0.3) is 22.2 Å². The van der Waals surface area contributed by atoms with Gasteiger partial charge >= 0.3 is 6.18 Å². The predicted molar refractivity (Wildman–Crippen MR) is 120 cm³/mol. The van der Waals surface area contributed by atoms with Gasteiger partial charge in [-0.25, -0.2) is 17.8 Å². The molecular formula is C22H18ClF4N3O3S. The number of nitrogens with zero attached hydrogens (tertiary/aromatic N) is 2. The van der Waals surface area contributed by atoms with Crippen molar-refractivity contribution >= 4 is 33.2 Å². The molecule has 2 heterocycles. The summed E-state index contributed by atoms with van der Waals surface area (Å²) in [6, 6.07) is 11.1. The third-order valence-electron chi connectivity index (χ3n) is 5.10. The van der Waals surface area contributed by atoms with E-state index in [-0.39, 0.29) is 40.8 Å². The minimum absolute atomic E-state index is 0. The Kier molecular flexibility index (Phi) is 7.02. The van der Waals surface area contributed by atoms with Crippen LogP contribution in [-0.4, -0.2) is 24.8 Å². The van der Waals surface area contributed by atoms with E-state index in [1.165, 1.54) is 6.07 Å². The SMILES string of the molecule is CS(=O)(=O)c1ccc(F)c(C[C@H](N)c2ccccc2-c2noc3cc(C(F)(F)F)ccc23)n1.Cl. The van der Waals surface area contributed by atoms with Crippen LogP contribution in [0.3, 0.4) is 0 Å². The van der Waals surface area contributed by atoms with Gasteiger partial charge in [-0.1, -0.05) is 29.4 Å². The van der Waals surface area contributed by atoms with Crippen molar-refractivity contribution < 1.29 is 30.5 Å². The van der Waals surface area contributed by atoms with Gasteiger partial charge in [-0.05, 0) is 35.9 Å². The summed E-state index contributed by atoms with van der Waals surface area (Å²) in [5.41, 5.74) is 6.57. The number of hydrogen-bond donors (Lipinski definition) is 1.